The molecule has 1 nitrogen and oxygen atoms in total. The average Bonchev–Trinajstić information content (AvgIpc) is 2.36. The van der Waals surface area contributed by atoms with Gasteiger partial charge in [0.1, 0.15) is 5.82 Å². The number of hydrogen-bond acceptors (Lipinski definition) is 2. The number of halogens is 4. The zero-order chi connectivity index (χ0) is 14.5. The predicted octanol–water partition coefficient (Wildman–Crippen LogP) is 5.41. The smallest absolute Gasteiger partial charge is 0.288 e. The molecule has 1 N–H and O–H groups in total. The second-order valence-electron chi connectivity index (χ2n) is 4.01. The summed E-state index contributed by atoms with van der Waals surface area (Å²) in [4.78, 5) is 0.449. The van der Waals surface area contributed by atoms with Gasteiger partial charge >= 0.3 is 0 Å². The summed E-state index contributed by atoms with van der Waals surface area (Å²) in [6, 6.07) is 10.9. The van der Waals surface area contributed by atoms with Crippen LogP contribution in [0.4, 0.5) is 18.9 Å². The van der Waals surface area contributed by atoms with E-state index >= 15 is 0 Å². The van der Waals surface area contributed by atoms with Crippen LogP contribution in [-0.4, -0.2) is 5.76 Å². The Labute approximate surface area is 124 Å². The molecule has 2 aromatic carbocycles. The van der Waals surface area contributed by atoms with Crippen molar-refractivity contribution in [2.45, 2.75) is 17.2 Å². The molecule has 0 aromatic heterocycles. The number of hydrogen-bond donors (Lipinski definition) is 1. The Hall–Kier alpha value is -1.33. The molecule has 0 fully saturated rings. The highest BCUT2D eigenvalue weighted by Crippen LogP contribution is 2.31. The van der Waals surface area contributed by atoms with E-state index in [0.29, 0.717) is 39.5 Å². The molecule has 0 amide bonds. The highest BCUT2D eigenvalue weighted by atomic mass is 35.5. The van der Waals surface area contributed by atoms with Gasteiger partial charge in [0.2, 0.25) is 0 Å². The maximum atomic E-state index is 13.2. The van der Waals surface area contributed by atoms with Crippen molar-refractivity contribution in [3.8, 4) is 0 Å². The molecule has 0 aliphatic rings. The van der Waals surface area contributed by atoms with Crippen LogP contribution in [0.5, 0.6) is 0 Å². The summed E-state index contributed by atoms with van der Waals surface area (Å²) in [5.41, 5.74) is 1.23. The summed E-state index contributed by atoms with van der Waals surface area (Å²) in [6.45, 7) is 0.304. The number of benzene rings is 2. The Morgan fingerprint density at radius 2 is 1.90 bits per heavy atom. The number of anilines is 1. The van der Waals surface area contributed by atoms with Crippen LogP contribution in [0.25, 0.3) is 0 Å². The van der Waals surface area contributed by atoms with Crippen molar-refractivity contribution in [1.29, 1.82) is 0 Å². The van der Waals surface area contributed by atoms with Gasteiger partial charge in [0.05, 0.1) is 0 Å². The van der Waals surface area contributed by atoms with E-state index in [9.17, 15) is 13.2 Å². The van der Waals surface area contributed by atoms with Gasteiger partial charge < -0.3 is 5.32 Å². The van der Waals surface area contributed by atoms with E-state index in [2.05, 4.69) is 5.32 Å². The molecule has 0 saturated carbocycles. The van der Waals surface area contributed by atoms with Crippen LogP contribution >= 0.6 is 23.4 Å². The number of rotatable bonds is 5. The average molecular weight is 318 g/mol. The molecule has 106 valence electrons. The highest BCUT2D eigenvalue weighted by Gasteiger charge is 2.09. The van der Waals surface area contributed by atoms with Crippen LogP contribution in [-0.2, 0) is 6.54 Å². The lowest BCUT2D eigenvalue weighted by Gasteiger charge is -2.11. The van der Waals surface area contributed by atoms with Crippen LogP contribution < -0.4 is 5.32 Å². The molecule has 0 atom stereocenters. The molecule has 0 spiro atoms. The summed E-state index contributed by atoms with van der Waals surface area (Å²) < 4.78 is 38.1. The number of thioether (sulfide) groups is 1. The first kappa shape index (κ1) is 15.1. The highest BCUT2D eigenvalue weighted by molar-refractivity contribution is 7.99. The largest absolute Gasteiger partial charge is 0.380 e. The Balaban J connectivity index is 2.10. The normalized spacial score (nSPS) is 10.8. The van der Waals surface area contributed by atoms with E-state index in [1.807, 2.05) is 0 Å². The van der Waals surface area contributed by atoms with Crippen LogP contribution in [0.3, 0.4) is 0 Å². The second kappa shape index (κ2) is 6.90. The zero-order valence-corrected chi connectivity index (χ0v) is 11.8. The second-order valence-corrected chi connectivity index (χ2v) is 5.47. The minimum atomic E-state index is -2.48. The van der Waals surface area contributed by atoms with Crippen LogP contribution in [0, 0.1) is 5.82 Å². The minimum Gasteiger partial charge on any atom is -0.380 e. The monoisotopic (exact) mass is 317 g/mol. The van der Waals surface area contributed by atoms with Gasteiger partial charge in [0.25, 0.3) is 5.76 Å². The zero-order valence-electron chi connectivity index (χ0n) is 10.2. The topological polar surface area (TPSA) is 12.0 Å². The molecule has 2 aromatic rings. The van der Waals surface area contributed by atoms with E-state index in [0.717, 1.165) is 0 Å². The molecule has 0 heterocycles. The van der Waals surface area contributed by atoms with Crippen molar-refractivity contribution in [2.75, 3.05) is 5.32 Å². The third kappa shape index (κ3) is 4.35. The van der Waals surface area contributed by atoms with E-state index in [-0.39, 0.29) is 0 Å². The van der Waals surface area contributed by atoms with Gasteiger partial charge in [0, 0.05) is 22.2 Å². The molecule has 0 aliphatic carbocycles. The Morgan fingerprint density at radius 3 is 2.60 bits per heavy atom. The molecular formula is C14H11ClF3NS. The first-order chi connectivity index (χ1) is 9.54. The van der Waals surface area contributed by atoms with Crippen LogP contribution in [0.15, 0.2) is 47.4 Å². The fourth-order valence-electron chi connectivity index (χ4n) is 1.72. The fraction of sp³-hybridized carbons (Fsp3) is 0.143. The SMILES string of the molecule is Fc1cc(Cl)cc(CNc2ccccc2SC(F)F)c1. The minimum absolute atomic E-state index is 0.303. The molecule has 20 heavy (non-hydrogen) atoms. The van der Waals surface area contributed by atoms with Crippen molar-refractivity contribution in [3.05, 3.63) is 58.9 Å². The lowest BCUT2D eigenvalue weighted by Crippen LogP contribution is -2.01. The van der Waals surface area contributed by atoms with E-state index in [1.54, 1.807) is 30.3 Å². The number of nitrogens with one attached hydrogen (secondary N) is 1. The van der Waals surface area contributed by atoms with E-state index in [1.165, 1.54) is 12.1 Å². The molecule has 6 heteroatoms. The Morgan fingerprint density at radius 1 is 1.15 bits per heavy atom. The van der Waals surface area contributed by atoms with E-state index < -0.39 is 11.6 Å². The van der Waals surface area contributed by atoms with Crippen molar-refractivity contribution in [2.24, 2.45) is 0 Å². The third-order valence-corrected chi connectivity index (χ3v) is 3.51. The molecule has 0 saturated heterocycles. The lowest BCUT2D eigenvalue weighted by molar-refractivity contribution is 0.252. The summed E-state index contributed by atoms with van der Waals surface area (Å²) in [6.07, 6.45) is 0. The fourth-order valence-corrected chi connectivity index (χ4v) is 2.58. The molecule has 0 bridgehead atoms. The molecular weight excluding hydrogens is 307 g/mol. The summed E-state index contributed by atoms with van der Waals surface area (Å²) in [5.74, 6) is -2.91. The Bertz CT molecular complexity index is 572. The number of alkyl halides is 2. The van der Waals surface area contributed by atoms with Crippen molar-refractivity contribution < 1.29 is 13.2 Å². The first-order valence-corrected chi connectivity index (χ1v) is 7.03. The summed E-state index contributed by atoms with van der Waals surface area (Å²) >= 11 is 6.23. The first-order valence-electron chi connectivity index (χ1n) is 5.77. The van der Waals surface area contributed by atoms with Gasteiger partial charge in [0.15, 0.2) is 0 Å². The summed E-state index contributed by atoms with van der Waals surface area (Å²) in [7, 11) is 0. The maximum absolute atomic E-state index is 13.2. The van der Waals surface area contributed by atoms with E-state index in [4.69, 9.17) is 11.6 Å². The Kier molecular flexibility index (Phi) is 5.20. The van der Waals surface area contributed by atoms with Crippen LogP contribution in [0.1, 0.15) is 5.56 Å². The van der Waals surface area contributed by atoms with Gasteiger partial charge in [-0.1, -0.05) is 35.5 Å². The quantitative estimate of drug-likeness (QED) is 0.740. The van der Waals surface area contributed by atoms with Crippen molar-refractivity contribution >= 4 is 29.1 Å². The van der Waals surface area contributed by atoms with Gasteiger partial charge in [-0.25, -0.2) is 4.39 Å². The van der Waals surface area contributed by atoms with Gasteiger partial charge in [-0.2, -0.15) is 8.78 Å². The van der Waals surface area contributed by atoms with Gasteiger partial charge in [-0.3, -0.25) is 0 Å². The molecule has 0 radical (unpaired) electrons. The van der Waals surface area contributed by atoms with Crippen molar-refractivity contribution in [3.63, 3.8) is 0 Å². The number of para-hydroxylation sites is 1. The predicted molar refractivity (Wildman–Crippen MR) is 77.0 cm³/mol. The third-order valence-electron chi connectivity index (χ3n) is 2.51. The molecule has 0 aliphatic heterocycles. The van der Waals surface area contributed by atoms with Gasteiger partial charge in [-0.15, -0.1) is 0 Å². The maximum Gasteiger partial charge on any atom is 0.288 e. The lowest BCUT2D eigenvalue weighted by atomic mass is 10.2. The molecule has 2 rings (SSSR count). The molecule has 0 unspecified atom stereocenters. The van der Waals surface area contributed by atoms with Crippen molar-refractivity contribution in [1.82, 2.24) is 0 Å². The van der Waals surface area contributed by atoms with Crippen LogP contribution in [0.2, 0.25) is 5.02 Å². The summed E-state index contributed by atoms with van der Waals surface area (Å²) in [5, 5.41) is 3.31. The van der Waals surface area contributed by atoms with Gasteiger partial charge in [-0.05, 0) is 35.9 Å². The standard InChI is InChI=1S/C14H11ClF3NS/c15-10-5-9(6-11(16)7-10)8-19-12-3-1-2-4-13(12)20-14(17)18/h1-7,14,19H,8H2.